The number of ether oxygens (including phenoxy) is 2. The topological polar surface area (TPSA) is 90.0 Å². The second-order valence-electron chi connectivity index (χ2n) is 12.5. The Morgan fingerprint density at radius 3 is 1.62 bits per heavy atom. The van der Waals surface area contributed by atoms with Crippen LogP contribution < -0.4 is 9.47 Å². The summed E-state index contributed by atoms with van der Waals surface area (Å²) in [6.07, 6.45) is 0. The van der Waals surface area contributed by atoms with E-state index in [0.717, 1.165) is 21.6 Å². The number of amides is 2. The summed E-state index contributed by atoms with van der Waals surface area (Å²) in [7, 11) is 1.47. The van der Waals surface area contributed by atoms with Gasteiger partial charge in [0.1, 0.15) is 28.9 Å². The molecule has 1 aliphatic carbocycles. The van der Waals surface area contributed by atoms with E-state index in [1.54, 1.807) is 36.4 Å². The Morgan fingerprint density at radius 2 is 1.04 bits per heavy atom. The van der Waals surface area contributed by atoms with Gasteiger partial charge >= 0.3 is 0 Å². The number of fused-ring (bicyclic) bond motifs is 2. The number of hydrogen-bond donors (Lipinski definition) is 0. The maximum Gasteiger partial charge on any atom is 0.261 e. The molecule has 1 atom stereocenters. The molecule has 47 heavy (non-hydrogen) atoms. The van der Waals surface area contributed by atoms with E-state index < -0.39 is 5.92 Å². The van der Waals surface area contributed by atoms with Gasteiger partial charge in [-0.25, -0.2) is 0 Å². The Bertz CT molecular complexity index is 2110. The Labute approximate surface area is 272 Å². The van der Waals surface area contributed by atoms with Crippen LogP contribution in [0.3, 0.4) is 0 Å². The SMILES string of the molecule is Cc1cccc(C2C(=O)c3ccc(Oc4ccc(C(C)(C)c5ccc(Oc6ccc7c(c6)C(=O)N(C)C7=O)cc5)cc4)cc3C2=O)c1. The van der Waals surface area contributed by atoms with Crippen LogP contribution in [0, 0.1) is 6.92 Å². The number of nitrogens with zero attached hydrogens (tertiary/aromatic N) is 1. The van der Waals surface area contributed by atoms with E-state index in [1.807, 2.05) is 79.7 Å². The number of ketones is 2. The predicted octanol–water partition coefficient (Wildman–Crippen LogP) is 8.29. The van der Waals surface area contributed by atoms with Crippen LogP contribution in [-0.2, 0) is 5.41 Å². The molecule has 7 rings (SSSR count). The first-order valence-corrected chi connectivity index (χ1v) is 15.3. The third-order valence-corrected chi connectivity index (χ3v) is 9.11. The molecular weight excluding hydrogens is 590 g/mol. The van der Waals surface area contributed by atoms with Crippen molar-refractivity contribution in [1.29, 1.82) is 0 Å². The Balaban J connectivity index is 1.04. The molecule has 1 unspecified atom stereocenters. The zero-order chi connectivity index (χ0) is 33.0. The molecule has 0 spiro atoms. The molecular formula is C40H31NO6. The van der Waals surface area contributed by atoms with Gasteiger partial charge in [-0.3, -0.25) is 24.1 Å². The second-order valence-corrected chi connectivity index (χ2v) is 12.5. The molecule has 2 amide bonds. The second kappa shape index (κ2) is 11.2. The minimum absolute atomic E-state index is 0.182. The fraction of sp³-hybridized carbons (Fsp3) is 0.150. The highest BCUT2D eigenvalue weighted by Crippen LogP contribution is 2.38. The van der Waals surface area contributed by atoms with Gasteiger partial charge in [0, 0.05) is 23.6 Å². The fourth-order valence-electron chi connectivity index (χ4n) is 6.31. The van der Waals surface area contributed by atoms with Crippen LogP contribution in [0.25, 0.3) is 0 Å². The molecule has 0 bridgehead atoms. The molecule has 0 N–H and O–H groups in total. The van der Waals surface area contributed by atoms with Crippen LogP contribution in [0.1, 0.15) is 83.5 Å². The number of rotatable bonds is 7. The fourth-order valence-corrected chi connectivity index (χ4v) is 6.31. The molecule has 0 saturated heterocycles. The summed E-state index contributed by atoms with van der Waals surface area (Å²) in [5.41, 5.74) is 5.04. The van der Waals surface area contributed by atoms with Gasteiger partial charge in [-0.05, 0) is 84.3 Å². The first kappa shape index (κ1) is 29.9. The minimum Gasteiger partial charge on any atom is -0.457 e. The molecule has 232 valence electrons. The van der Waals surface area contributed by atoms with Gasteiger partial charge in [0.25, 0.3) is 11.8 Å². The third kappa shape index (κ3) is 5.20. The van der Waals surface area contributed by atoms with Gasteiger partial charge in [-0.2, -0.15) is 0 Å². The van der Waals surface area contributed by atoms with Crippen molar-refractivity contribution in [3.63, 3.8) is 0 Å². The zero-order valence-corrected chi connectivity index (χ0v) is 26.4. The summed E-state index contributed by atoms with van der Waals surface area (Å²) in [5.74, 6) is 0.333. The summed E-state index contributed by atoms with van der Waals surface area (Å²) < 4.78 is 12.1. The van der Waals surface area contributed by atoms with E-state index in [0.29, 0.717) is 50.8 Å². The molecule has 5 aromatic carbocycles. The van der Waals surface area contributed by atoms with Crippen LogP contribution in [0.4, 0.5) is 0 Å². The van der Waals surface area contributed by atoms with Crippen molar-refractivity contribution in [2.75, 3.05) is 7.05 Å². The van der Waals surface area contributed by atoms with Crippen LogP contribution in [0.2, 0.25) is 0 Å². The highest BCUT2D eigenvalue weighted by Gasteiger charge is 2.40. The van der Waals surface area contributed by atoms with E-state index in [-0.39, 0.29) is 28.8 Å². The van der Waals surface area contributed by atoms with Crippen LogP contribution in [0.5, 0.6) is 23.0 Å². The monoisotopic (exact) mass is 621 g/mol. The van der Waals surface area contributed by atoms with E-state index in [2.05, 4.69) is 13.8 Å². The van der Waals surface area contributed by atoms with E-state index in [1.165, 1.54) is 7.05 Å². The van der Waals surface area contributed by atoms with E-state index in [4.69, 9.17) is 9.47 Å². The number of aryl methyl sites for hydroxylation is 1. The zero-order valence-electron chi connectivity index (χ0n) is 26.4. The quantitative estimate of drug-likeness (QED) is 0.134. The highest BCUT2D eigenvalue weighted by atomic mass is 16.5. The van der Waals surface area contributed by atoms with Crippen LogP contribution in [0.15, 0.2) is 109 Å². The maximum atomic E-state index is 13.3. The normalized spacial score (nSPS) is 15.6. The van der Waals surface area contributed by atoms with Gasteiger partial charge in [-0.15, -0.1) is 0 Å². The lowest BCUT2D eigenvalue weighted by atomic mass is 9.78. The summed E-state index contributed by atoms with van der Waals surface area (Å²) >= 11 is 0. The smallest absolute Gasteiger partial charge is 0.261 e. The average molecular weight is 622 g/mol. The lowest BCUT2D eigenvalue weighted by Crippen LogP contribution is -2.24. The van der Waals surface area contributed by atoms with Crippen molar-refractivity contribution in [2.45, 2.75) is 32.1 Å². The number of benzene rings is 5. The van der Waals surface area contributed by atoms with E-state index in [9.17, 15) is 19.2 Å². The summed E-state index contributed by atoms with van der Waals surface area (Å²) in [5, 5.41) is 0. The molecule has 5 aromatic rings. The number of hydrogen-bond acceptors (Lipinski definition) is 6. The molecule has 0 aromatic heterocycles. The van der Waals surface area contributed by atoms with Crippen molar-refractivity contribution >= 4 is 23.4 Å². The average Bonchev–Trinajstić information content (AvgIpc) is 3.44. The van der Waals surface area contributed by atoms with Crippen LogP contribution in [-0.4, -0.2) is 35.3 Å². The lowest BCUT2D eigenvalue weighted by Gasteiger charge is -2.26. The molecule has 0 saturated carbocycles. The summed E-state index contributed by atoms with van der Waals surface area (Å²) in [4.78, 5) is 52.0. The highest BCUT2D eigenvalue weighted by molar-refractivity contribution is 6.29. The number of carbonyl (C=O) groups excluding carboxylic acids is 4. The molecule has 7 nitrogen and oxygen atoms in total. The number of Topliss-reactive ketones (excluding diaryl/α,β-unsaturated/α-hetero) is 2. The largest absolute Gasteiger partial charge is 0.457 e. The maximum absolute atomic E-state index is 13.3. The van der Waals surface area contributed by atoms with Crippen molar-refractivity contribution in [1.82, 2.24) is 4.90 Å². The Hall–Kier alpha value is -5.82. The first-order chi connectivity index (χ1) is 22.5. The van der Waals surface area contributed by atoms with Crippen LogP contribution >= 0.6 is 0 Å². The Kier molecular flexibility index (Phi) is 7.12. The molecule has 1 heterocycles. The molecule has 0 radical (unpaired) electrons. The first-order valence-electron chi connectivity index (χ1n) is 15.3. The van der Waals surface area contributed by atoms with Crippen molar-refractivity contribution in [2.24, 2.45) is 0 Å². The van der Waals surface area contributed by atoms with Gasteiger partial charge in [0.15, 0.2) is 11.6 Å². The Morgan fingerprint density at radius 1 is 0.553 bits per heavy atom. The van der Waals surface area contributed by atoms with Crippen molar-refractivity contribution in [3.8, 4) is 23.0 Å². The number of carbonyl (C=O) groups is 4. The van der Waals surface area contributed by atoms with Gasteiger partial charge in [0.05, 0.1) is 11.1 Å². The van der Waals surface area contributed by atoms with Gasteiger partial charge < -0.3 is 9.47 Å². The predicted molar refractivity (Wildman–Crippen MR) is 177 cm³/mol. The number of imide groups is 1. The van der Waals surface area contributed by atoms with Crippen molar-refractivity contribution in [3.05, 3.63) is 154 Å². The van der Waals surface area contributed by atoms with Gasteiger partial charge in [-0.1, -0.05) is 67.9 Å². The molecule has 1 aliphatic heterocycles. The molecule has 7 heteroatoms. The molecule has 2 aliphatic rings. The molecule has 0 fully saturated rings. The van der Waals surface area contributed by atoms with E-state index >= 15 is 0 Å². The van der Waals surface area contributed by atoms with Gasteiger partial charge in [0.2, 0.25) is 0 Å². The summed E-state index contributed by atoms with van der Waals surface area (Å²) in [6, 6.07) is 33.0. The summed E-state index contributed by atoms with van der Waals surface area (Å²) in [6.45, 7) is 6.20. The minimum atomic E-state index is -0.818. The van der Waals surface area contributed by atoms with Crippen molar-refractivity contribution < 1.29 is 28.7 Å². The standard InChI is InChI=1S/C40H31NO6/c1-23-6-5-7-24(20-23)35-36(42)31-18-16-29(21-33(31)37(35)43)46-27-12-8-25(9-13-27)40(2,3)26-10-14-28(15-11-26)47-30-17-19-32-34(22-30)39(45)41(4)38(32)44/h5-22,35H,1-4H3. The third-order valence-electron chi connectivity index (χ3n) is 9.11. The lowest BCUT2D eigenvalue weighted by molar-refractivity contribution is 0.0691.